The maximum atomic E-state index is 6.26. The Morgan fingerprint density at radius 2 is 2.00 bits per heavy atom. The molecule has 3 saturated carbocycles. The zero-order chi connectivity index (χ0) is 16.4. The average Bonchev–Trinajstić information content (AvgIpc) is 3.18. The van der Waals surface area contributed by atoms with E-state index in [-0.39, 0.29) is 0 Å². The molecule has 1 nitrogen and oxygen atoms in total. The number of rotatable bonds is 1. The van der Waals surface area contributed by atoms with Crippen molar-refractivity contribution in [3.63, 3.8) is 0 Å². The van der Waals surface area contributed by atoms with E-state index in [2.05, 4.69) is 19.9 Å². The summed E-state index contributed by atoms with van der Waals surface area (Å²) in [4.78, 5) is 0. The summed E-state index contributed by atoms with van der Waals surface area (Å²) in [6.07, 6.45) is 18.3. The lowest BCUT2D eigenvalue weighted by atomic mass is 9.52. The molecule has 0 N–H and O–H groups in total. The third-order valence-corrected chi connectivity index (χ3v) is 9.37. The fourth-order valence-corrected chi connectivity index (χ4v) is 8.13. The van der Waals surface area contributed by atoms with Crippen LogP contribution in [0.3, 0.4) is 0 Å². The Morgan fingerprint density at radius 3 is 2.79 bits per heavy atom. The second kappa shape index (κ2) is 5.60. The summed E-state index contributed by atoms with van der Waals surface area (Å²) in [7, 11) is 0. The molecule has 5 aliphatic rings. The minimum Gasteiger partial charge on any atom is -0.375 e. The summed E-state index contributed by atoms with van der Waals surface area (Å²) >= 11 is 0. The summed E-state index contributed by atoms with van der Waals surface area (Å²) in [6.45, 7) is 6.10. The molecule has 0 bridgehead atoms. The van der Waals surface area contributed by atoms with Crippen molar-refractivity contribution in [1.29, 1.82) is 0 Å². The number of hydrogen-bond acceptors (Lipinski definition) is 1. The van der Waals surface area contributed by atoms with Crippen LogP contribution in [0.1, 0.15) is 84.5 Å². The van der Waals surface area contributed by atoms with Crippen molar-refractivity contribution >= 4 is 0 Å². The molecule has 1 saturated heterocycles. The van der Waals surface area contributed by atoms with Crippen LogP contribution < -0.4 is 0 Å². The van der Waals surface area contributed by atoms with E-state index in [1.807, 2.05) is 5.57 Å². The van der Waals surface area contributed by atoms with E-state index in [4.69, 9.17) is 4.74 Å². The molecule has 0 aromatic carbocycles. The van der Waals surface area contributed by atoms with Gasteiger partial charge in [0, 0.05) is 6.61 Å². The summed E-state index contributed by atoms with van der Waals surface area (Å²) in [5.74, 6) is 4.79. The highest BCUT2D eigenvalue weighted by atomic mass is 16.5. The monoisotopic (exact) mass is 328 g/mol. The molecule has 1 spiro atoms. The van der Waals surface area contributed by atoms with E-state index in [0.717, 1.165) is 36.2 Å². The van der Waals surface area contributed by atoms with Gasteiger partial charge in [0.25, 0.3) is 0 Å². The van der Waals surface area contributed by atoms with Gasteiger partial charge >= 0.3 is 0 Å². The summed E-state index contributed by atoms with van der Waals surface area (Å²) in [5.41, 5.74) is 2.86. The Bertz CT molecular complexity index is 528. The molecule has 1 aliphatic heterocycles. The van der Waals surface area contributed by atoms with Crippen molar-refractivity contribution in [3.8, 4) is 0 Å². The van der Waals surface area contributed by atoms with Gasteiger partial charge in [0.15, 0.2) is 0 Å². The molecular formula is C23H36O. The Morgan fingerprint density at radius 1 is 1.08 bits per heavy atom. The lowest BCUT2D eigenvalue weighted by molar-refractivity contribution is -0.0627. The standard InChI is InChI=1S/C23H36O/c1-3-17-6-8-21-20-7-5-16-15-23(11-4-14-24-23)13-10-18(16)19(20)9-12-22(17,21)2/h9,16-18,20-21H,3-8,10-15H2,1-2H3. The molecule has 1 heterocycles. The Hall–Kier alpha value is -0.300. The highest BCUT2D eigenvalue weighted by Gasteiger charge is 2.55. The van der Waals surface area contributed by atoms with Gasteiger partial charge in [-0.15, -0.1) is 0 Å². The normalized spacial score (nSPS) is 53.4. The molecule has 1 heteroatoms. The molecule has 0 aromatic rings. The van der Waals surface area contributed by atoms with E-state index in [1.54, 1.807) is 0 Å². The van der Waals surface area contributed by atoms with Crippen LogP contribution in [0.4, 0.5) is 0 Å². The maximum Gasteiger partial charge on any atom is 0.0686 e. The topological polar surface area (TPSA) is 9.23 Å². The molecule has 7 unspecified atom stereocenters. The highest BCUT2D eigenvalue weighted by molar-refractivity contribution is 5.25. The minimum atomic E-state index is 0.304. The number of fused-ring (bicyclic) bond motifs is 5. The quantitative estimate of drug-likeness (QED) is 0.526. The van der Waals surface area contributed by atoms with Crippen LogP contribution in [0, 0.1) is 35.0 Å². The minimum absolute atomic E-state index is 0.304. The molecule has 7 atom stereocenters. The third-order valence-electron chi connectivity index (χ3n) is 9.37. The fourth-order valence-electron chi connectivity index (χ4n) is 8.13. The predicted molar refractivity (Wildman–Crippen MR) is 98.8 cm³/mol. The van der Waals surface area contributed by atoms with E-state index in [0.29, 0.717) is 11.0 Å². The molecular weight excluding hydrogens is 292 g/mol. The van der Waals surface area contributed by atoms with Gasteiger partial charge in [-0.05, 0) is 99.2 Å². The van der Waals surface area contributed by atoms with E-state index < -0.39 is 0 Å². The van der Waals surface area contributed by atoms with Crippen molar-refractivity contribution in [1.82, 2.24) is 0 Å². The number of allylic oxidation sites excluding steroid dienone is 2. The molecule has 4 aliphatic carbocycles. The summed E-state index contributed by atoms with van der Waals surface area (Å²) in [5, 5.41) is 0. The molecule has 4 fully saturated rings. The Kier molecular flexibility index (Phi) is 3.71. The fraction of sp³-hybridized carbons (Fsp3) is 0.913. The second-order valence-electron chi connectivity index (χ2n) is 10.1. The number of hydrogen-bond donors (Lipinski definition) is 0. The molecule has 134 valence electrons. The smallest absolute Gasteiger partial charge is 0.0686 e. The average molecular weight is 329 g/mol. The van der Waals surface area contributed by atoms with Crippen molar-refractivity contribution in [2.45, 2.75) is 90.1 Å². The van der Waals surface area contributed by atoms with Crippen LogP contribution in [0.15, 0.2) is 11.6 Å². The number of ether oxygens (including phenoxy) is 1. The van der Waals surface area contributed by atoms with Crippen molar-refractivity contribution in [2.24, 2.45) is 35.0 Å². The first-order valence-electron chi connectivity index (χ1n) is 11.0. The highest BCUT2D eigenvalue weighted by Crippen LogP contribution is 2.63. The molecule has 0 radical (unpaired) electrons. The van der Waals surface area contributed by atoms with Gasteiger partial charge in [-0.1, -0.05) is 31.9 Å². The van der Waals surface area contributed by atoms with Gasteiger partial charge in [0.05, 0.1) is 5.60 Å². The molecule has 0 aromatic heterocycles. The zero-order valence-electron chi connectivity index (χ0n) is 15.9. The van der Waals surface area contributed by atoms with Crippen LogP contribution in [-0.2, 0) is 4.74 Å². The lowest BCUT2D eigenvalue weighted by Crippen LogP contribution is -2.46. The first-order valence-corrected chi connectivity index (χ1v) is 11.0. The second-order valence-corrected chi connectivity index (χ2v) is 10.1. The van der Waals surface area contributed by atoms with Gasteiger partial charge in [-0.3, -0.25) is 0 Å². The lowest BCUT2D eigenvalue weighted by Gasteiger charge is -2.53. The largest absolute Gasteiger partial charge is 0.375 e. The molecule has 5 rings (SSSR count). The Balaban J connectivity index is 1.39. The van der Waals surface area contributed by atoms with Gasteiger partial charge in [-0.25, -0.2) is 0 Å². The first kappa shape index (κ1) is 15.9. The van der Waals surface area contributed by atoms with Gasteiger partial charge < -0.3 is 4.74 Å². The van der Waals surface area contributed by atoms with E-state index in [9.17, 15) is 0 Å². The van der Waals surface area contributed by atoms with Crippen LogP contribution in [0.5, 0.6) is 0 Å². The van der Waals surface area contributed by atoms with Gasteiger partial charge in [0.1, 0.15) is 0 Å². The molecule has 24 heavy (non-hydrogen) atoms. The zero-order valence-corrected chi connectivity index (χ0v) is 15.9. The maximum absolute atomic E-state index is 6.26. The van der Waals surface area contributed by atoms with Crippen molar-refractivity contribution in [3.05, 3.63) is 11.6 Å². The SMILES string of the molecule is CCC1CCC2C3CCC4CC5(CCCO5)CCC4C3=CCC12C. The first-order chi connectivity index (χ1) is 11.7. The van der Waals surface area contributed by atoms with E-state index >= 15 is 0 Å². The van der Waals surface area contributed by atoms with Crippen LogP contribution in [-0.4, -0.2) is 12.2 Å². The summed E-state index contributed by atoms with van der Waals surface area (Å²) in [6, 6.07) is 0. The van der Waals surface area contributed by atoms with Crippen molar-refractivity contribution in [2.75, 3.05) is 6.61 Å². The third kappa shape index (κ3) is 2.15. The summed E-state index contributed by atoms with van der Waals surface area (Å²) < 4.78 is 6.26. The van der Waals surface area contributed by atoms with Gasteiger partial charge in [-0.2, -0.15) is 0 Å². The molecule has 0 amide bonds. The van der Waals surface area contributed by atoms with Crippen LogP contribution in [0.2, 0.25) is 0 Å². The van der Waals surface area contributed by atoms with E-state index in [1.165, 1.54) is 70.6 Å². The van der Waals surface area contributed by atoms with Gasteiger partial charge in [0.2, 0.25) is 0 Å². The van der Waals surface area contributed by atoms with Crippen molar-refractivity contribution < 1.29 is 4.74 Å². The van der Waals surface area contributed by atoms with Crippen LogP contribution in [0.25, 0.3) is 0 Å². The predicted octanol–water partition coefficient (Wildman–Crippen LogP) is 6.13. The Labute approximate surface area is 148 Å². The van der Waals surface area contributed by atoms with Crippen LogP contribution >= 0.6 is 0 Å².